The molecule has 0 spiro atoms. The second-order valence-corrected chi connectivity index (χ2v) is 5.78. The predicted octanol–water partition coefficient (Wildman–Crippen LogP) is 1.36. The summed E-state index contributed by atoms with van der Waals surface area (Å²) in [7, 11) is 1.90. The first-order chi connectivity index (χ1) is 8.39. The first kappa shape index (κ1) is 13.4. The molecule has 0 saturated heterocycles. The molecule has 2 atom stereocenters. The van der Waals surface area contributed by atoms with Crippen LogP contribution in [-0.2, 0) is 11.8 Å². The third kappa shape index (κ3) is 2.12. The first-order valence-corrected chi connectivity index (χ1v) is 6.52. The fourth-order valence-electron chi connectivity index (χ4n) is 2.58. The van der Waals surface area contributed by atoms with Crippen molar-refractivity contribution in [1.29, 1.82) is 0 Å². The molecule has 1 aliphatic rings. The van der Waals surface area contributed by atoms with Crippen LogP contribution in [0.3, 0.4) is 0 Å². The molecule has 1 aromatic heterocycles. The Labute approximate surface area is 109 Å². The van der Waals surface area contributed by atoms with Crippen molar-refractivity contribution in [3.05, 3.63) is 12.4 Å². The Morgan fingerprint density at radius 2 is 2.33 bits per heavy atom. The third-order valence-corrected chi connectivity index (χ3v) is 4.32. The van der Waals surface area contributed by atoms with Gasteiger partial charge in [-0.15, -0.1) is 0 Å². The number of nitrogens with one attached hydrogen (secondary N) is 1. The van der Waals surface area contributed by atoms with Crippen LogP contribution in [0.15, 0.2) is 12.4 Å². The molecule has 3 N–H and O–H groups in total. The molecule has 5 heteroatoms. The van der Waals surface area contributed by atoms with E-state index in [1.807, 2.05) is 26.4 Å². The van der Waals surface area contributed by atoms with E-state index in [2.05, 4.69) is 24.3 Å². The molecule has 5 nitrogen and oxygen atoms in total. The van der Waals surface area contributed by atoms with Gasteiger partial charge >= 0.3 is 0 Å². The van der Waals surface area contributed by atoms with E-state index in [0.717, 1.165) is 25.3 Å². The molecule has 0 aliphatic heterocycles. The van der Waals surface area contributed by atoms with Gasteiger partial charge in [0.15, 0.2) is 0 Å². The summed E-state index contributed by atoms with van der Waals surface area (Å²) in [5.41, 5.74) is 7.28. The zero-order valence-electron chi connectivity index (χ0n) is 11.7. The highest BCUT2D eigenvalue weighted by Gasteiger charge is 2.58. The van der Waals surface area contributed by atoms with Crippen molar-refractivity contribution in [2.75, 3.05) is 18.5 Å². The van der Waals surface area contributed by atoms with Crippen LogP contribution in [0.1, 0.15) is 27.2 Å². The van der Waals surface area contributed by atoms with E-state index >= 15 is 0 Å². The Morgan fingerprint density at radius 1 is 1.61 bits per heavy atom. The fraction of sp³-hybridized carbons (Fsp3) is 0.769. The van der Waals surface area contributed by atoms with Crippen LogP contribution in [0.25, 0.3) is 0 Å². The standard InChI is InChI=1S/C13H24N4O/c1-5-18-11-6-13(14,12(11,2)3)9-15-10-7-16-17(4)8-10/h7-8,11,15H,5-6,9,14H2,1-4H3. The van der Waals surface area contributed by atoms with Gasteiger partial charge in [-0.3, -0.25) is 4.68 Å². The van der Waals surface area contributed by atoms with Crippen molar-refractivity contribution >= 4 is 5.69 Å². The van der Waals surface area contributed by atoms with Gasteiger partial charge in [-0.2, -0.15) is 5.10 Å². The van der Waals surface area contributed by atoms with E-state index in [1.54, 1.807) is 4.68 Å². The van der Waals surface area contributed by atoms with Crippen molar-refractivity contribution in [3.8, 4) is 0 Å². The van der Waals surface area contributed by atoms with Crippen molar-refractivity contribution in [1.82, 2.24) is 9.78 Å². The topological polar surface area (TPSA) is 65.1 Å². The highest BCUT2D eigenvalue weighted by atomic mass is 16.5. The SMILES string of the molecule is CCOC1CC(N)(CNc2cnn(C)c2)C1(C)C. The molecule has 1 fully saturated rings. The van der Waals surface area contributed by atoms with Crippen molar-refractivity contribution in [2.24, 2.45) is 18.2 Å². The van der Waals surface area contributed by atoms with Gasteiger partial charge in [0, 0.05) is 37.4 Å². The van der Waals surface area contributed by atoms with Gasteiger partial charge in [-0.25, -0.2) is 0 Å². The smallest absolute Gasteiger partial charge is 0.0727 e. The number of anilines is 1. The van der Waals surface area contributed by atoms with E-state index < -0.39 is 0 Å². The Bertz CT molecular complexity index is 415. The normalized spacial score (nSPS) is 29.9. The summed E-state index contributed by atoms with van der Waals surface area (Å²) in [6.45, 7) is 7.89. The average Bonchev–Trinajstić information content (AvgIpc) is 2.72. The monoisotopic (exact) mass is 252 g/mol. The number of ether oxygens (including phenoxy) is 1. The molecule has 0 aromatic carbocycles. The minimum atomic E-state index is -0.220. The number of nitrogens with zero attached hydrogens (tertiary/aromatic N) is 2. The molecule has 1 aromatic rings. The highest BCUT2D eigenvalue weighted by Crippen LogP contribution is 2.49. The Kier molecular flexibility index (Phi) is 3.38. The minimum absolute atomic E-state index is 0.00177. The summed E-state index contributed by atoms with van der Waals surface area (Å²) < 4.78 is 7.50. The highest BCUT2D eigenvalue weighted by molar-refractivity contribution is 5.39. The lowest BCUT2D eigenvalue weighted by Gasteiger charge is -2.59. The quantitative estimate of drug-likeness (QED) is 0.830. The summed E-state index contributed by atoms with van der Waals surface area (Å²) in [6.07, 6.45) is 4.94. The van der Waals surface area contributed by atoms with Gasteiger partial charge in [0.05, 0.1) is 18.0 Å². The number of hydrogen-bond acceptors (Lipinski definition) is 4. The lowest BCUT2D eigenvalue weighted by atomic mass is 9.54. The van der Waals surface area contributed by atoms with Crippen molar-refractivity contribution in [3.63, 3.8) is 0 Å². The van der Waals surface area contributed by atoms with E-state index in [9.17, 15) is 0 Å². The van der Waals surface area contributed by atoms with Gasteiger partial charge in [-0.05, 0) is 13.3 Å². The van der Waals surface area contributed by atoms with Gasteiger partial charge < -0.3 is 15.8 Å². The van der Waals surface area contributed by atoms with Gasteiger partial charge in [0.1, 0.15) is 0 Å². The molecule has 0 bridgehead atoms. The Hall–Kier alpha value is -1.07. The number of rotatable bonds is 5. The summed E-state index contributed by atoms with van der Waals surface area (Å²) in [6, 6.07) is 0. The van der Waals surface area contributed by atoms with E-state index in [0.29, 0.717) is 0 Å². The summed E-state index contributed by atoms with van der Waals surface area (Å²) in [5.74, 6) is 0. The molecule has 0 amide bonds. The fourth-order valence-corrected chi connectivity index (χ4v) is 2.58. The maximum atomic E-state index is 6.49. The maximum absolute atomic E-state index is 6.49. The predicted molar refractivity (Wildman–Crippen MR) is 72.4 cm³/mol. The maximum Gasteiger partial charge on any atom is 0.0727 e. The molecular formula is C13H24N4O. The summed E-state index contributed by atoms with van der Waals surface area (Å²) >= 11 is 0. The lowest BCUT2D eigenvalue weighted by Crippen LogP contribution is -2.72. The Morgan fingerprint density at radius 3 is 2.83 bits per heavy atom. The number of aromatic nitrogens is 2. The zero-order valence-corrected chi connectivity index (χ0v) is 11.7. The average molecular weight is 252 g/mol. The second-order valence-electron chi connectivity index (χ2n) is 5.78. The molecule has 1 heterocycles. The van der Waals surface area contributed by atoms with E-state index in [4.69, 9.17) is 10.5 Å². The number of aryl methyl sites for hydroxylation is 1. The molecule has 2 unspecified atom stereocenters. The van der Waals surface area contributed by atoms with Crippen LogP contribution in [0.5, 0.6) is 0 Å². The van der Waals surface area contributed by atoms with Gasteiger partial charge in [-0.1, -0.05) is 13.8 Å². The molecule has 0 radical (unpaired) electrons. The van der Waals surface area contributed by atoms with Crippen LogP contribution in [0.4, 0.5) is 5.69 Å². The molecule has 18 heavy (non-hydrogen) atoms. The van der Waals surface area contributed by atoms with Crippen molar-refractivity contribution in [2.45, 2.75) is 38.8 Å². The molecular weight excluding hydrogens is 228 g/mol. The van der Waals surface area contributed by atoms with E-state index in [-0.39, 0.29) is 17.1 Å². The molecule has 102 valence electrons. The molecule has 2 rings (SSSR count). The first-order valence-electron chi connectivity index (χ1n) is 6.52. The van der Waals surface area contributed by atoms with E-state index in [1.165, 1.54) is 0 Å². The van der Waals surface area contributed by atoms with Crippen LogP contribution >= 0.6 is 0 Å². The largest absolute Gasteiger partial charge is 0.381 e. The van der Waals surface area contributed by atoms with Crippen molar-refractivity contribution < 1.29 is 4.74 Å². The van der Waals surface area contributed by atoms with Crippen LogP contribution in [0, 0.1) is 5.41 Å². The van der Waals surface area contributed by atoms with Crippen LogP contribution in [0.2, 0.25) is 0 Å². The Balaban J connectivity index is 1.93. The molecule has 1 saturated carbocycles. The van der Waals surface area contributed by atoms with Crippen LogP contribution < -0.4 is 11.1 Å². The third-order valence-electron chi connectivity index (χ3n) is 4.32. The minimum Gasteiger partial charge on any atom is -0.381 e. The van der Waals surface area contributed by atoms with Gasteiger partial charge in [0.2, 0.25) is 0 Å². The second kappa shape index (κ2) is 4.55. The summed E-state index contributed by atoms with van der Waals surface area (Å²) in [4.78, 5) is 0. The molecule has 1 aliphatic carbocycles. The summed E-state index contributed by atoms with van der Waals surface area (Å²) in [5, 5.41) is 7.49. The van der Waals surface area contributed by atoms with Gasteiger partial charge in [0.25, 0.3) is 0 Å². The van der Waals surface area contributed by atoms with Crippen LogP contribution in [-0.4, -0.2) is 34.6 Å². The zero-order chi connectivity index (χ0) is 13.4. The number of hydrogen-bond donors (Lipinski definition) is 2. The lowest BCUT2D eigenvalue weighted by molar-refractivity contribution is -0.144. The number of nitrogens with two attached hydrogens (primary N) is 1.